The zero-order chi connectivity index (χ0) is 20.3. The minimum atomic E-state index is -0.912. The van der Waals surface area contributed by atoms with Gasteiger partial charge in [-0.3, -0.25) is 0 Å². The molecule has 0 heterocycles. The molecule has 0 spiro atoms. The van der Waals surface area contributed by atoms with E-state index in [2.05, 4.69) is 50.8 Å². The van der Waals surface area contributed by atoms with Crippen LogP contribution in [0.15, 0.2) is 23.8 Å². The van der Waals surface area contributed by atoms with Crippen LogP contribution in [0.2, 0.25) is 0 Å². The van der Waals surface area contributed by atoms with E-state index in [1.54, 1.807) is 13.8 Å². The molecule has 3 heteroatoms. The van der Waals surface area contributed by atoms with Crippen molar-refractivity contribution >= 4 is 0 Å². The Labute approximate surface area is 165 Å². The van der Waals surface area contributed by atoms with Crippen LogP contribution in [-0.4, -0.2) is 33.1 Å². The van der Waals surface area contributed by atoms with Crippen LogP contribution in [0, 0.1) is 28.6 Å². The van der Waals surface area contributed by atoms with Crippen LogP contribution in [0.3, 0.4) is 0 Å². The van der Waals surface area contributed by atoms with Crippen molar-refractivity contribution in [2.75, 3.05) is 0 Å². The summed E-state index contributed by atoms with van der Waals surface area (Å²) in [7, 11) is 0. The van der Waals surface area contributed by atoms with E-state index in [1.165, 1.54) is 12.8 Å². The van der Waals surface area contributed by atoms with E-state index in [1.807, 2.05) is 0 Å². The summed E-state index contributed by atoms with van der Waals surface area (Å²) in [4.78, 5) is 0. The predicted octanol–water partition coefficient (Wildman–Crippen LogP) is 4.37. The Morgan fingerprint density at radius 3 is 2.37 bits per heavy atom. The number of hydrogen-bond donors (Lipinski definition) is 3. The SMILES string of the molecule is CC(C)(O)C#CCC[C@@]1(C)CC[C@@H](/C=C/C=C2C[C@@H](O)C[C@H](O)C2)C1(C)C. The first-order valence-corrected chi connectivity index (χ1v) is 10.4. The summed E-state index contributed by atoms with van der Waals surface area (Å²) < 4.78 is 0. The maximum absolute atomic E-state index is 9.81. The second kappa shape index (κ2) is 8.52. The van der Waals surface area contributed by atoms with Gasteiger partial charge in [0.25, 0.3) is 0 Å². The van der Waals surface area contributed by atoms with E-state index >= 15 is 0 Å². The van der Waals surface area contributed by atoms with Gasteiger partial charge in [0.15, 0.2) is 0 Å². The minimum Gasteiger partial charge on any atom is -0.393 e. The van der Waals surface area contributed by atoms with Crippen molar-refractivity contribution in [3.05, 3.63) is 23.8 Å². The number of rotatable bonds is 4. The van der Waals surface area contributed by atoms with Gasteiger partial charge in [-0.1, -0.05) is 50.5 Å². The molecule has 0 saturated heterocycles. The molecule has 27 heavy (non-hydrogen) atoms. The van der Waals surface area contributed by atoms with Gasteiger partial charge in [-0.2, -0.15) is 0 Å². The molecule has 0 aromatic rings. The lowest BCUT2D eigenvalue weighted by Crippen LogP contribution is -2.33. The van der Waals surface area contributed by atoms with Gasteiger partial charge in [-0.15, -0.1) is 5.92 Å². The number of aliphatic hydroxyl groups excluding tert-OH is 2. The smallest absolute Gasteiger partial charge is 0.119 e. The number of allylic oxidation sites excluding steroid dienone is 3. The molecule has 0 unspecified atom stereocenters. The minimum absolute atomic E-state index is 0.185. The number of hydrogen-bond acceptors (Lipinski definition) is 3. The monoisotopic (exact) mass is 374 g/mol. The topological polar surface area (TPSA) is 60.7 Å². The summed E-state index contributed by atoms with van der Waals surface area (Å²) in [5, 5.41) is 29.4. The van der Waals surface area contributed by atoms with E-state index < -0.39 is 17.8 Å². The second-order valence-corrected chi connectivity index (χ2v) is 9.95. The van der Waals surface area contributed by atoms with Crippen molar-refractivity contribution in [1.82, 2.24) is 0 Å². The Kier molecular flexibility index (Phi) is 7.01. The van der Waals surface area contributed by atoms with Crippen molar-refractivity contribution in [2.45, 2.75) is 97.4 Å². The highest BCUT2D eigenvalue weighted by Crippen LogP contribution is 2.58. The quantitative estimate of drug-likeness (QED) is 0.640. The van der Waals surface area contributed by atoms with E-state index in [-0.39, 0.29) is 10.8 Å². The van der Waals surface area contributed by atoms with Gasteiger partial charge >= 0.3 is 0 Å². The van der Waals surface area contributed by atoms with Crippen molar-refractivity contribution in [1.29, 1.82) is 0 Å². The van der Waals surface area contributed by atoms with E-state index in [0.717, 1.165) is 18.4 Å². The number of aliphatic hydroxyl groups is 3. The van der Waals surface area contributed by atoms with Crippen molar-refractivity contribution in [3.8, 4) is 11.8 Å². The molecule has 0 bridgehead atoms. The van der Waals surface area contributed by atoms with Crippen LogP contribution >= 0.6 is 0 Å². The molecule has 2 rings (SSSR count). The maximum Gasteiger partial charge on any atom is 0.119 e. The van der Waals surface area contributed by atoms with Gasteiger partial charge < -0.3 is 15.3 Å². The van der Waals surface area contributed by atoms with Crippen molar-refractivity contribution in [3.63, 3.8) is 0 Å². The first kappa shape index (κ1) is 22.2. The predicted molar refractivity (Wildman–Crippen MR) is 111 cm³/mol. The summed E-state index contributed by atoms with van der Waals surface area (Å²) in [5.74, 6) is 6.59. The molecule has 0 aromatic heterocycles. The van der Waals surface area contributed by atoms with E-state index in [0.29, 0.717) is 25.2 Å². The lowest BCUT2D eigenvalue weighted by Gasteiger charge is -2.41. The Morgan fingerprint density at radius 1 is 1.15 bits per heavy atom. The Bertz CT molecular complexity index is 614. The van der Waals surface area contributed by atoms with Gasteiger partial charge in [0.1, 0.15) is 5.60 Å². The second-order valence-electron chi connectivity index (χ2n) is 9.95. The summed E-state index contributed by atoms with van der Waals surface area (Å²) >= 11 is 0. The van der Waals surface area contributed by atoms with Crippen molar-refractivity contribution in [2.24, 2.45) is 16.7 Å². The van der Waals surface area contributed by atoms with Crippen LogP contribution in [0.1, 0.15) is 79.6 Å². The molecule has 2 aliphatic rings. The highest BCUT2D eigenvalue weighted by Gasteiger charge is 2.49. The lowest BCUT2D eigenvalue weighted by molar-refractivity contribution is 0.0609. The van der Waals surface area contributed by atoms with E-state index in [4.69, 9.17) is 0 Å². The molecule has 152 valence electrons. The Balaban J connectivity index is 1.98. The Hall–Kier alpha value is -1.08. The summed E-state index contributed by atoms with van der Waals surface area (Å²) in [6, 6.07) is 0. The fraction of sp³-hybridized carbons (Fsp3) is 0.750. The highest BCUT2D eigenvalue weighted by molar-refractivity contribution is 5.19. The van der Waals surface area contributed by atoms with Crippen LogP contribution in [0.5, 0.6) is 0 Å². The normalized spacial score (nSPS) is 33.8. The van der Waals surface area contributed by atoms with Crippen LogP contribution in [-0.2, 0) is 0 Å². The molecule has 4 atom stereocenters. The average Bonchev–Trinajstić information content (AvgIpc) is 2.73. The zero-order valence-electron chi connectivity index (χ0n) is 17.8. The molecule has 2 aliphatic carbocycles. The summed E-state index contributed by atoms with van der Waals surface area (Å²) in [6.07, 6.45) is 11.8. The van der Waals surface area contributed by atoms with Gasteiger partial charge in [-0.05, 0) is 69.1 Å². The van der Waals surface area contributed by atoms with Gasteiger partial charge in [-0.25, -0.2) is 0 Å². The third-order valence-electron chi connectivity index (χ3n) is 6.90. The molecule has 2 saturated carbocycles. The van der Waals surface area contributed by atoms with Crippen LogP contribution < -0.4 is 0 Å². The van der Waals surface area contributed by atoms with Gasteiger partial charge in [0, 0.05) is 6.42 Å². The largest absolute Gasteiger partial charge is 0.393 e. The molecule has 0 amide bonds. The van der Waals surface area contributed by atoms with Crippen LogP contribution in [0.4, 0.5) is 0 Å². The molecule has 3 nitrogen and oxygen atoms in total. The molecule has 0 aromatic carbocycles. The molecule has 0 aliphatic heterocycles. The third-order valence-corrected chi connectivity index (χ3v) is 6.90. The first-order valence-electron chi connectivity index (χ1n) is 10.4. The van der Waals surface area contributed by atoms with Crippen LogP contribution in [0.25, 0.3) is 0 Å². The fourth-order valence-electron chi connectivity index (χ4n) is 4.64. The van der Waals surface area contributed by atoms with Gasteiger partial charge in [0.2, 0.25) is 0 Å². The third kappa shape index (κ3) is 5.95. The Morgan fingerprint density at radius 2 is 1.78 bits per heavy atom. The zero-order valence-corrected chi connectivity index (χ0v) is 17.8. The molecular weight excluding hydrogens is 336 g/mol. The maximum atomic E-state index is 9.81. The molecule has 2 fully saturated rings. The summed E-state index contributed by atoms with van der Waals surface area (Å²) in [6.45, 7) is 10.5. The average molecular weight is 375 g/mol. The first-order chi connectivity index (χ1) is 12.4. The molecule has 0 radical (unpaired) electrons. The van der Waals surface area contributed by atoms with Gasteiger partial charge in [0.05, 0.1) is 12.2 Å². The lowest BCUT2D eigenvalue weighted by atomic mass is 9.63. The standard InChI is InChI=1S/C24H38O3/c1-22(2,27)12-6-7-13-24(5)14-11-19(23(24,3)4)10-8-9-18-15-20(25)17-21(26)16-18/h8-10,19-21,25-27H,7,11,13-17H2,1-5H3/b10-8+/t19-,20-,21-,24+/m1/s1. The van der Waals surface area contributed by atoms with Crippen molar-refractivity contribution < 1.29 is 15.3 Å². The molecule has 3 N–H and O–H groups in total. The van der Waals surface area contributed by atoms with E-state index in [9.17, 15) is 15.3 Å². The fourth-order valence-corrected chi connectivity index (χ4v) is 4.64. The highest BCUT2D eigenvalue weighted by atomic mass is 16.3. The summed E-state index contributed by atoms with van der Waals surface area (Å²) in [5.41, 5.74) is 0.647. The molecular formula is C24H38O3.